The van der Waals surface area contributed by atoms with E-state index in [0.717, 1.165) is 5.25 Å². The van der Waals surface area contributed by atoms with Crippen molar-refractivity contribution in [3.63, 3.8) is 0 Å². The van der Waals surface area contributed by atoms with Crippen LogP contribution in [0, 0.1) is 0 Å². The second-order valence-corrected chi connectivity index (χ2v) is 6.24. The highest BCUT2D eigenvalue weighted by Crippen LogP contribution is 2.39. The third kappa shape index (κ3) is 3.44. The molecule has 0 N–H and O–H groups in total. The van der Waals surface area contributed by atoms with Gasteiger partial charge in [-0.15, -0.1) is 0 Å². The average molecular weight is 194 g/mol. The Labute approximate surface area is 75.7 Å². The van der Waals surface area contributed by atoms with Gasteiger partial charge < -0.3 is 0 Å². The van der Waals surface area contributed by atoms with E-state index in [4.69, 9.17) is 0 Å². The van der Waals surface area contributed by atoms with Crippen molar-refractivity contribution < 1.29 is 0 Å². The zero-order chi connectivity index (χ0) is 7.23. The Hall–Kier alpha value is 1.05. The van der Waals surface area contributed by atoms with Gasteiger partial charge in [0.1, 0.15) is 0 Å². The molecule has 3 heteroatoms. The van der Waals surface area contributed by atoms with Crippen molar-refractivity contribution in [2.24, 2.45) is 0 Å². The quantitative estimate of drug-likeness (QED) is 0.498. The minimum atomic E-state index is 0.983. The molecule has 0 spiro atoms. The molecule has 1 aliphatic heterocycles. The molecule has 0 aliphatic carbocycles. The minimum absolute atomic E-state index is 0.983. The summed E-state index contributed by atoms with van der Waals surface area (Å²) in [7, 11) is 4.15. The van der Waals surface area contributed by atoms with Gasteiger partial charge >= 0.3 is 0 Å². The molecule has 0 aromatic heterocycles. The Morgan fingerprint density at radius 3 is 3.10 bits per heavy atom. The highest BCUT2D eigenvalue weighted by Gasteiger charge is 2.15. The SMILES string of the molecule is CSCCCC1CCSS1. The average Bonchev–Trinajstić information content (AvgIpc) is 2.41. The smallest absolute Gasteiger partial charge is 0.0159 e. The van der Waals surface area contributed by atoms with Crippen molar-refractivity contribution >= 4 is 33.3 Å². The Kier molecular flexibility index (Phi) is 5.18. The van der Waals surface area contributed by atoms with Gasteiger partial charge in [-0.1, -0.05) is 21.6 Å². The molecule has 0 amide bonds. The molecule has 10 heavy (non-hydrogen) atoms. The summed E-state index contributed by atoms with van der Waals surface area (Å²) in [5, 5.41) is 0.983. The van der Waals surface area contributed by atoms with Crippen LogP contribution >= 0.6 is 33.3 Å². The molecule has 0 aromatic carbocycles. The van der Waals surface area contributed by atoms with E-state index in [1.54, 1.807) is 0 Å². The summed E-state index contributed by atoms with van der Waals surface area (Å²) in [6, 6.07) is 0. The Balaban J connectivity index is 1.91. The molecule has 1 heterocycles. The normalized spacial score (nSPS) is 25.5. The van der Waals surface area contributed by atoms with Gasteiger partial charge in [0.15, 0.2) is 0 Å². The standard InChI is InChI=1S/C7H14S3/c1-8-5-2-3-7-4-6-9-10-7/h7H,2-6H2,1H3. The topological polar surface area (TPSA) is 0 Å². The molecule has 1 unspecified atom stereocenters. The monoisotopic (exact) mass is 194 g/mol. The molecule has 1 fully saturated rings. The molecule has 0 nitrogen and oxygen atoms in total. The van der Waals surface area contributed by atoms with Crippen LogP contribution in [-0.4, -0.2) is 23.0 Å². The fourth-order valence-electron chi connectivity index (χ4n) is 1.02. The van der Waals surface area contributed by atoms with Crippen molar-refractivity contribution in [2.75, 3.05) is 17.8 Å². The minimum Gasteiger partial charge on any atom is -0.165 e. The maximum absolute atomic E-state index is 2.19. The van der Waals surface area contributed by atoms with Crippen LogP contribution in [0.15, 0.2) is 0 Å². The highest BCUT2D eigenvalue weighted by atomic mass is 33.1. The van der Waals surface area contributed by atoms with Crippen LogP contribution in [0.4, 0.5) is 0 Å². The van der Waals surface area contributed by atoms with Crippen molar-refractivity contribution in [3.8, 4) is 0 Å². The summed E-state index contributed by atoms with van der Waals surface area (Å²) in [4.78, 5) is 0. The van der Waals surface area contributed by atoms with Crippen LogP contribution in [-0.2, 0) is 0 Å². The van der Waals surface area contributed by atoms with Crippen molar-refractivity contribution in [3.05, 3.63) is 0 Å². The summed E-state index contributed by atoms with van der Waals surface area (Å²) in [6.45, 7) is 0. The second-order valence-electron chi connectivity index (χ2n) is 2.46. The van der Waals surface area contributed by atoms with E-state index >= 15 is 0 Å². The molecule has 1 atom stereocenters. The zero-order valence-corrected chi connectivity index (χ0v) is 8.79. The first kappa shape index (κ1) is 9.14. The number of rotatable bonds is 4. The maximum Gasteiger partial charge on any atom is 0.0159 e. The van der Waals surface area contributed by atoms with Gasteiger partial charge in [-0.05, 0) is 31.3 Å². The molecular formula is C7H14S3. The maximum atomic E-state index is 2.19. The Bertz CT molecular complexity index is 78.9. The number of hydrogen-bond acceptors (Lipinski definition) is 3. The third-order valence-electron chi connectivity index (χ3n) is 1.60. The Morgan fingerprint density at radius 1 is 1.60 bits per heavy atom. The van der Waals surface area contributed by atoms with Crippen LogP contribution < -0.4 is 0 Å². The molecular weight excluding hydrogens is 180 g/mol. The molecule has 60 valence electrons. The largest absolute Gasteiger partial charge is 0.165 e. The third-order valence-corrected chi connectivity index (χ3v) is 5.31. The number of thioether (sulfide) groups is 1. The van der Waals surface area contributed by atoms with Gasteiger partial charge in [-0.2, -0.15) is 11.8 Å². The molecule has 0 bridgehead atoms. The molecule has 0 saturated carbocycles. The first-order valence-corrected chi connectivity index (χ1v) is 7.48. The lowest BCUT2D eigenvalue weighted by molar-refractivity contribution is 0.738. The van der Waals surface area contributed by atoms with Crippen LogP contribution in [0.5, 0.6) is 0 Å². The van der Waals surface area contributed by atoms with E-state index in [1.807, 2.05) is 11.8 Å². The first-order valence-electron chi connectivity index (χ1n) is 3.70. The predicted molar refractivity (Wildman–Crippen MR) is 56.1 cm³/mol. The van der Waals surface area contributed by atoms with E-state index in [-0.39, 0.29) is 0 Å². The van der Waals surface area contributed by atoms with Crippen molar-refractivity contribution in [1.29, 1.82) is 0 Å². The fraction of sp³-hybridized carbons (Fsp3) is 1.00. The van der Waals surface area contributed by atoms with Gasteiger partial charge in [0.25, 0.3) is 0 Å². The molecule has 0 radical (unpaired) electrons. The van der Waals surface area contributed by atoms with Crippen molar-refractivity contribution in [2.45, 2.75) is 24.5 Å². The first-order chi connectivity index (χ1) is 4.93. The lowest BCUT2D eigenvalue weighted by Gasteiger charge is -2.04. The van der Waals surface area contributed by atoms with Gasteiger partial charge in [0, 0.05) is 11.0 Å². The molecule has 1 rings (SSSR count). The molecule has 1 saturated heterocycles. The second kappa shape index (κ2) is 5.67. The van der Waals surface area contributed by atoms with Gasteiger partial charge in [-0.3, -0.25) is 0 Å². The highest BCUT2D eigenvalue weighted by molar-refractivity contribution is 8.77. The van der Waals surface area contributed by atoms with Crippen LogP contribution in [0.25, 0.3) is 0 Å². The molecule has 0 aromatic rings. The van der Waals surface area contributed by atoms with E-state index in [1.165, 1.54) is 30.8 Å². The van der Waals surface area contributed by atoms with Crippen molar-refractivity contribution in [1.82, 2.24) is 0 Å². The predicted octanol–water partition coefficient (Wildman–Crippen LogP) is 3.28. The van der Waals surface area contributed by atoms with E-state index < -0.39 is 0 Å². The summed E-state index contributed by atoms with van der Waals surface area (Å²) in [5.41, 5.74) is 0. The van der Waals surface area contributed by atoms with Gasteiger partial charge in [-0.25, -0.2) is 0 Å². The molecule has 1 aliphatic rings. The summed E-state index contributed by atoms with van der Waals surface area (Å²) in [5.74, 6) is 2.73. The van der Waals surface area contributed by atoms with Gasteiger partial charge in [0.2, 0.25) is 0 Å². The lowest BCUT2D eigenvalue weighted by Crippen LogP contribution is -1.97. The summed E-state index contributed by atoms with van der Waals surface area (Å²) < 4.78 is 0. The zero-order valence-electron chi connectivity index (χ0n) is 6.34. The van der Waals surface area contributed by atoms with E-state index in [2.05, 4.69) is 27.8 Å². The summed E-state index contributed by atoms with van der Waals surface area (Å²) >= 11 is 1.97. The van der Waals surface area contributed by atoms with E-state index in [0.29, 0.717) is 0 Å². The van der Waals surface area contributed by atoms with Crippen LogP contribution in [0.1, 0.15) is 19.3 Å². The van der Waals surface area contributed by atoms with Crippen LogP contribution in [0.3, 0.4) is 0 Å². The Morgan fingerprint density at radius 2 is 2.50 bits per heavy atom. The fourth-order valence-corrected chi connectivity index (χ4v) is 4.50. The van der Waals surface area contributed by atoms with Gasteiger partial charge in [0.05, 0.1) is 0 Å². The summed E-state index contributed by atoms with van der Waals surface area (Å²) in [6.07, 6.45) is 6.50. The lowest BCUT2D eigenvalue weighted by atomic mass is 10.2. The van der Waals surface area contributed by atoms with Crippen LogP contribution in [0.2, 0.25) is 0 Å². The van der Waals surface area contributed by atoms with E-state index in [9.17, 15) is 0 Å². The number of hydrogen-bond donors (Lipinski definition) is 0.